The molecule has 5 heteroatoms. The Morgan fingerprint density at radius 3 is 2.57 bits per heavy atom. The highest BCUT2D eigenvalue weighted by molar-refractivity contribution is 5.92. The quantitative estimate of drug-likeness (QED) is 0.699. The number of fused-ring (bicyclic) bond motifs is 5. The minimum absolute atomic E-state index is 0.00906. The van der Waals surface area contributed by atoms with E-state index in [2.05, 4.69) is 18.6 Å². The van der Waals surface area contributed by atoms with Crippen LogP contribution in [0.1, 0.15) is 78.6 Å². The first-order valence-corrected chi connectivity index (χ1v) is 12.0. The van der Waals surface area contributed by atoms with Crippen molar-refractivity contribution < 1.29 is 24.2 Å². The third-order valence-corrected chi connectivity index (χ3v) is 10.1. The molecule has 1 N–H and O–H groups in total. The number of esters is 1. The summed E-state index contributed by atoms with van der Waals surface area (Å²) < 4.78 is 4.67. The highest BCUT2D eigenvalue weighted by atomic mass is 16.5. The molecule has 168 valence electrons. The predicted octanol–water partition coefficient (Wildman–Crippen LogP) is 3.95. The molecule has 5 nitrogen and oxygen atoms in total. The van der Waals surface area contributed by atoms with E-state index in [1.807, 2.05) is 6.92 Å². The average molecular weight is 419 g/mol. The van der Waals surface area contributed by atoms with Crippen LogP contribution < -0.4 is 0 Å². The highest BCUT2D eigenvalue weighted by Crippen LogP contribution is 2.66. The lowest BCUT2D eigenvalue weighted by Gasteiger charge is -2.59. The summed E-state index contributed by atoms with van der Waals surface area (Å²) >= 11 is 0. The zero-order valence-corrected chi connectivity index (χ0v) is 19.0. The molecule has 0 aliphatic heterocycles. The van der Waals surface area contributed by atoms with E-state index >= 15 is 0 Å². The first-order chi connectivity index (χ1) is 14.1. The van der Waals surface area contributed by atoms with Crippen molar-refractivity contribution in [3.05, 3.63) is 0 Å². The van der Waals surface area contributed by atoms with Crippen LogP contribution >= 0.6 is 0 Å². The summed E-state index contributed by atoms with van der Waals surface area (Å²) in [6.07, 6.45) is 6.86. The molecule has 0 bridgehead atoms. The molecule has 4 fully saturated rings. The van der Waals surface area contributed by atoms with Gasteiger partial charge in [0.25, 0.3) is 0 Å². The van der Waals surface area contributed by atoms with Gasteiger partial charge in [0.05, 0.1) is 7.11 Å². The normalized spacial score (nSPS) is 45.2. The van der Waals surface area contributed by atoms with E-state index in [9.17, 15) is 19.5 Å². The SMILES string of the molecule is COC(=O)C(O)C[C@@H](C)[C@H]1CC[C@H]2[C@@H]3C(=O)C[C@@H]4CCCC[C@]4(C)[C@H]3CC(=O)[C@]12C. The number of aliphatic hydroxyl groups is 1. The van der Waals surface area contributed by atoms with Gasteiger partial charge < -0.3 is 9.84 Å². The Hall–Kier alpha value is -1.23. The van der Waals surface area contributed by atoms with Gasteiger partial charge in [-0.25, -0.2) is 4.79 Å². The van der Waals surface area contributed by atoms with E-state index < -0.39 is 17.5 Å². The number of ketones is 2. The van der Waals surface area contributed by atoms with Crippen LogP contribution in [0.15, 0.2) is 0 Å². The Kier molecular flexibility index (Phi) is 5.66. The fourth-order valence-electron chi connectivity index (χ4n) is 8.38. The summed E-state index contributed by atoms with van der Waals surface area (Å²) in [5.41, 5.74) is -0.400. The van der Waals surface area contributed by atoms with E-state index in [1.165, 1.54) is 20.0 Å². The van der Waals surface area contributed by atoms with E-state index in [4.69, 9.17) is 0 Å². The van der Waals surface area contributed by atoms with Gasteiger partial charge in [-0.1, -0.05) is 33.6 Å². The molecule has 4 rings (SSSR count). The summed E-state index contributed by atoms with van der Waals surface area (Å²) in [5, 5.41) is 10.2. The van der Waals surface area contributed by atoms with Crippen molar-refractivity contribution in [2.75, 3.05) is 7.11 Å². The molecule has 4 aliphatic rings. The number of hydrogen-bond donors (Lipinski definition) is 1. The first-order valence-electron chi connectivity index (χ1n) is 12.0. The van der Waals surface area contributed by atoms with Crippen molar-refractivity contribution in [2.45, 2.75) is 84.7 Å². The molecular formula is C25H38O5. The summed E-state index contributed by atoms with van der Waals surface area (Å²) in [5.74, 6) is 0.981. The Balaban J connectivity index is 1.61. The largest absolute Gasteiger partial charge is 0.467 e. The lowest BCUT2D eigenvalue weighted by molar-refractivity contribution is -0.166. The van der Waals surface area contributed by atoms with Gasteiger partial charge >= 0.3 is 5.97 Å². The van der Waals surface area contributed by atoms with Crippen molar-refractivity contribution in [1.82, 2.24) is 0 Å². The minimum Gasteiger partial charge on any atom is -0.467 e. The number of aliphatic hydroxyl groups excluding tert-OH is 1. The summed E-state index contributed by atoms with van der Waals surface area (Å²) in [4.78, 5) is 38.8. The van der Waals surface area contributed by atoms with Gasteiger partial charge in [-0.05, 0) is 67.1 Å². The predicted molar refractivity (Wildman–Crippen MR) is 112 cm³/mol. The minimum atomic E-state index is -1.16. The van der Waals surface area contributed by atoms with Crippen LogP contribution in [0.2, 0.25) is 0 Å². The highest BCUT2D eigenvalue weighted by Gasteiger charge is 2.65. The van der Waals surface area contributed by atoms with Crippen LogP contribution in [0.3, 0.4) is 0 Å². The third-order valence-electron chi connectivity index (χ3n) is 10.1. The number of carbonyl (C=O) groups excluding carboxylic acids is 3. The standard InChI is InChI=1S/C25H38O5/c1-14(11-20(27)23(29)30-4)16-8-9-17-22-18(13-21(28)25(16,17)3)24(2)10-6-5-7-15(24)12-19(22)26/h14-18,20,22,27H,5-13H2,1-4H3/t14-,15+,16-,17+,18+,20?,22+,24+,25-/m1/s1. The molecule has 9 atom stereocenters. The molecule has 0 aromatic carbocycles. The monoisotopic (exact) mass is 418 g/mol. The number of ether oxygens (including phenoxy) is 1. The van der Waals surface area contributed by atoms with Gasteiger partial charge in [0.15, 0.2) is 6.10 Å². The summed E-state index contributed by atoms with van der Waals surface area (Å²) in [6, 6.07) is 0. The average Bonchev–Trinajstić information content (AvgIpc) is 3.07. The molecule has 0 aromatic heterocycles. The van der Waals surface area contributed by atoms with E-state index in [-0.39, 0.29) is 35.0 Å². The zero-order valence-electron chi connectivity index (χ0n) is 19.0. The Bertz CT molecular complexity index is 731. The van der Waals surface area contributed by atoms with Crippen molar-refractivity contribution in [3.63, 3.8) is 0 Å². The molecule has 30 heavy (non-hydrogen) atoms. The Labute approximate surface area is 180 Å². The van der Waals surface area contributed by atoms with Crippen molar-refractivity contribution >= 4 is 17.5 Å². The van der Waals surface area contributed by atoms with E-state index in [0.29, 0.717) is 36.7 Å². The molecule has 0 aromatic rings. The number of methoxy groups -OCH3 is 1. The van der Waals surface area contributed by atoms with Gasteiger partial charge in [0.1, 0.15) is 11.6 Å². The van der Waals surface area contributed by atoms with Crippen LogP contribution in [0, 0.1) is 46.3 Å². The van der Waals surface area contributed by atoms with Crippen LogP contribution in [0.5, 0.6) is 0 Å². The Morgan fingerprint density at radius 1 is 1.13 bits per heavy atom. The molecule has 4 saturated carbocycles. The third kappa shape index (κ3) is 3.10. The van der Waals surface area contributed by atoms with Gasteiger partial charge in [0, 0.05) is 24.2 Å². The number of Topliss-reactive ketones (excluding diaryl/α,β-unsaturated/α-hetero) is 2. The maximum atomic E-state index is 13.7. The van der Waals surface area contributed by atoms with Gasteiger partial charge in [-0.3, -0.25) is 9.59 Å². The van der Waals surface area contributed by atoms with E-state index in [1.54, 1.807) is 0 Å². The molecule has 1 unspecified atom stereocenters. The second kappa shape index (κ2) is 7.72. The molecule has 0 saturated heterocycles. The van der Waals surface area contributed by atoms with Crippen LogP contribution in [0.25, 0.3) is 0 Å². The van der Waals surface area contributed by atoms with Crippen LogP contribution in [0.4, 0.5) is 0 Å². The van der Waals surface area contributed by atoms with Crippen molar-refractivity contribution in [3.8, 4) is 0 Å². The molecule has 0 radical (unpaired) electrons. The number of hydrogen-bond acceptors (Lipinski definition) is 5. The second-order valence-corrected chi connectivity index (χ2v) is 11.2. The maximum absolute atomic E-state index is 13.7. The maximum Gasteiger partial charge on any atom is 0.334 e. The van der Waals surface area contributed by atoms with Gasteiger partial charge in [-0.15, -0.1) is 0 Å². The second-order valence-electron chi connectivity index (χ2n) is 11.2. The van der Waals surface area contributed by atoms with E-state index in [0.717, 1.165) is 25.7 Å². The zero-order chi connectivity index (χ0) is 21.8. The lowest BCUT2D eigenvalue weighted by atomic mass is 9.44. The number of rotatable bonds is 4. The van der Waals surface area contributed by atoms with Crippen molar-refractivity contribution in [1.29, 1.82) is 0 Å². The fourth-order valence-corrected chi connectivity index (χ4v) is 8.38. The molecule has 0 heterocycles. The molecular weight excluding hydrogens is 380 g/mol. The molecule has 0 spiro atoms. The van der Waals surface area contributed by atoms with Crippen molar-refractivity contribution in [2.24, 2.45) is 46.3 Å². The summed E-state index contributed by atoms with van der Waals surface area (Å²) in [7, 11) is 1.28. The first kappa shape index (κ1) is 22.0. The summed E-state index contributed by atoms with van der Waals surface area (Å²) in [6.45, 7) is 6.47. The lowest BCUT2D eigenvalue weighted by Crippen LogP contribution is -2.59. The molecule has 0 amide bonds. The van der Waals surface area contributed by atoms with Gasteiger partial charge in [0.2, 0.25) is 0 Å². The number of carbonyl (C=O) groups is 3. The van der Waals surface area contributed by atoms with Crippen LogP contribution in [-0.4, -0.2) is 35.9 Å². The fraction of sp³-hybridized carbons (Fsp3) is 0.880. The Morgan fingerprint density at radius 2 is 1.87 bits per heavy atom. The smallest absolute Gasteiger partial charge is 0.334 e. The van der Waals surface area contributed by atoms with Crippen LogP contribution in [-0.2, 0) is 19.1 Å². The molecule has 4 aliphatic carbocycles. The van der Waals surface area contributed by atoms with Gasteiger partial charge in [-0.2, -0.15) is 0 Å². The topological polar surface area (TPSA) is 80.7 Å².